The topological polar surface area (TPSA) is 86.0 Å². The zero-order valence-electron chi connectivity index (χ0n) is 17.0. The lowest BCUT2D eigenvalue weighted by molar-refractivity contribution is 0.476. The Bertz CT molecular complexity index is 1200. The van der Waals surface area contributed by atoms with Gasteiger partial charge in [0, 0.05) is 23.3 Å². The molecule has 0 atom stereocenters. The molecule has 0 amide bonds. The van der Waals surface area contributed by atoms with Crippen LogP contribution in [0.15, 0.2) is 67.1 Å². The van der Waals surface area contributed by atoms with E-state index in [0.29, 0.717) is 12.3 Å². The summed E-state index contributed by atoms with van der Waals surface area (Å²) in [6, 6.07) is 15.8. The monoisotopic (exact) mass is 397 g/mol. The van der Waals surface area contributed by atoms with Gasteiger partial charge in [0.05, 0.1) is 11.7 Å². The highest BCUT2D eigenvalue weighted by Crippen LogP contribution is 2.30. The molecular weight excluding hydrogens is 374 g/mol. The van der Waals surface area contributed by atoms with Gasteiger partial charge in [-0.3, -0.25) is 4.98 Å². The molecule has 30 heavy (non-hydrogen) atoms. The van der Waals surface area contributed by atoms with Crippen LogP contribution in [0.25, 0.3) is 17.0 Å². The Labute approximate surface area is 175 Å². The predicted molar refractivity (Wildman–Crippen MR) is 121 cm³/mol. The van der Waals surface area contributed by atoms with Gasteiger partial charge in [-0.2, -0.15) is 0 Å². The number of nitrogens with zero attached hydrogens (tertiary/aromatic N) is 3. The Kier molecular flexibility index (Phi) is 5.68. The minimum Gasteiger partial charge on any atom is -0.455 e. The fraction of sp³-hybridized carbons (Fsp3) is 0.125. The number of nitrogens with two attached hydrogens (primary N) is 1. The van der Waals surface area contributed by atoms with Gasteiger partial charge in [-0.15, -0.1) is 0 Å². The van der Waals surface area contributed by atoms with E-state index in [2.05, 4.69) is 26.3 Å². The zero-order valence-corrected chi connectivity index (χ0v) is 17.0. The van der Waals surface area contributed by atoms with Crippen LogP contribution < -0.4 is 15.8 Å². The third kappa shape index (κ3) is 4.45. The highest BCUT2D eigenvalue weighted by atomic mass is 16.5. The standard InChI is InChI=1S/C24H23N5O/c1-16-12-19(7-10-23(16)30-20-8-5-17(2)26-14-20)29-24-21-13-18(4-3-11-25)6-9-22(21)27-15-28-24/h3-10,12-15H,11,25H2,1-2H3,(H,27,28,29)/b4-3-. The molecule has 6 heteroatoms. The largest absolute Gasteiger partial charge is 0.455 e. The first-order valence-corrected chi connectivity index (χ1v) is 9.72. The first-order chi connectivity index (χ1) is 14.6. The molecule has 0 bridgehead atoms. The van der Waals surface area contributed by atoms with E-state index in [1.54, 1.807) is 12.5 Å². The smallest absolute Gasteiger partial charge is 0.145 e. The van der Waals surface area contributed by atoms with Crippen LogP contribution in [0.5, 0.6) is 11.5 Å². The van der Waals surface area contributed by atoms with Gasteiger partial charge >= 0.3 is 0 Å². The van der Waals surface area contributed by atoms with Crippen LogP contribution in [0.4, 0.5) is 11.5 Å². The molecule has 4 aromatic rings. The zero-order chi connectivity index (χ0) is 20.9. The van der Waals surface area contributed by atoms with Crippen molar-refractivity contribution in [1.29, 1.82) is 0 Å². The van der Waals surface area contributed by atoms with E-state index in [0.717, 1.165) is 45.0 Å². The Morgan fingerprint density at radius 3 is 2.67 bits per heavy atom. The van der Waals surface area contributed by atoms with Crippen molar-refractivity contribution >= 4 is 28.5 Å². The molecule has 0 radical (unpaired) electrons. The summed E-state index contributed by atoms with van der Waals surface area (Å²) in [5.41, 5.74) is 10.4. The number of hydrogen-bond donors (Lipinski definition) is 2. The fourth-order valence-corrected chi connectivity index (χ4v) is 3.10. The van der Waals surface area contributed by atoms with E-state index in [9.17, 15) is 0 Å². The number of fused-ring (bicyclic) bond motifs is 1. The molecule has 6 nitrogen and oxygen atoms in total. The van der Waals surface area contributed by atoms with E-state index in [4.69, 9.17) is 10.5 Å². The Morgan fingerprint density at radius 1 is 1.00 bits per heavy atom. The number of pyridine rings is 1. The van der Waals surface area contributed by atoms with Gasteiger partial charge in [-0.1, -0.05) is 18.2 Å². The quantitative estimate of drug-likeness (QED) is 0.468. The summed E-state index contributed by atoms with van der Waals surface area (Å²) in [5, 5.41) is 4.35. The second kappa shape index (κ2) is 8.71. The number of rotatable bonds is 6. The van der Waals surface area contributed by atoms with Crippen LogP contribution >= 0.6 is 0 Å². The molecule has 0 unspecified atom stereocenters. The summed E-state index contributed by atoms with van der Waals surface area (Å²) in [5.74, 6) is 2.25. The normalized spacial score (nSPS) is 11.2. The lowest BCUT2D eigenvalue weighted by atomic mass is 10.1. The first-order valence-electron chi connectivity index (χ1n) is 9.72. The maximum Gasteiger partial charge on any atom is 0.145 e. The molecule has 0 aliphatic heterocycles. The summed E-state index contributed by atoms with van der Waals surface area (Å²) in [6.07, 6.45) is 7.20. The van der Waals surface area contributed by atoms with Crippen molar-refractivity contribution in [2.75, 3.05) is 11.9 Å². The summed E-state index contributed by atoms with van der Waals surface area (Å²) >= 11 is 0. The molecule has 0 spiro atoms. The van der Waals surface area contributed by atoms with Crippen LogP contribution in [-0.4, -0.2) is 21.5 Å². The van der Waals surface area contributed by atoms with Gasteiger partial charge in [0.25, 0.3) is 0 Å². The lowest BCUT2D eigenvalue weighted by Gasteiger charge is -2.12. The van der Waals surface area contributed by atoms with E-state index in [1.807, 2.05) is 68.5 Å². The molecule has 0 saturated carbocycles. The number of aryl methyl sites for hydroxylation is 2. The molecule has 2 aromatic heterocycles. The number of ether oxygens (including phenoxy) is 1. The summed E-state index contributed by atoms with van der Waals surface area (Å²) in [7, 11) is 0. The molecule has 4 rings (SSSR count). The van der Waals surface area contributed by atoms with Gasteiger partial charge in [0.15, 0.2) is 0 Å². The SMILES string of the molecule is Cc1ccc(Oc2ccc(Nc3ncnc4ccc(/C=C\CN)cc34)cc2C)cn1. The molecule has 0 saturated heterocycles. The van der Waals surface area contributed by atoms with Gasteiger partial charge < -0.3 is 15.8 Å². The highest BCUT2D eigenvalue weighted by Gasteiger charge is 2.08. The van der Waals surface area contributed by atoms with Gasteiger partial charge in [0.1, 0.15) is 23.6 Å². The van der Waals surface area contributed by atoms with E-state index < -0.39 is 0 Å². The lowest BCUT2D eigenvalue weighted by Crippen LogP contribution is -1.97. The van der Waals surface area contributed by atoms with Gasteiger partial charge in [0.2, 0.25) is 0 Å². The average Bonchev–Trinajstić information content (AvgIpc) is 2.76. The molecule has 0 aliphatic rings. The van der Waals surface area contributed by atoms with Gasteiger partial charge in [-0.05, 0) is 67.4 Å². The van der Waals surface area contributed by atoms with Crippen molar-refractivity contribution in [3.05, 3.63) is 84.0 Å². The minimum atomic E-state index is 0.501. The summed E-state index contributed by atoms with van der Waals surface area (Å²) < 4.78 is 5.96. The van der Waals surface area contributed by atoms with Crippen LogP contribution in [0.3, 0.4) is 0 Å². The van der Waals surface area contributed by atoms with E-state index in [1.165, 1.54) is 0 Å². The first kappa shape index (κ1) is 19.5. The van der Waals surface area contributed by atoms with Crippen molar-refractivity contribution < 1.29 is 4.74 Å². The Morgan fingerprint density at radius 2 is 1.90 bits per heavy atom. The second-order valence-corrected chi connectivity index (χ2v) is 6.98. The summed E-state index contributed by atoms with van der Waals surface area (Å²) in [4.78, 5) is 13.1. The fourth-order valence-electron chi connectivity index (χ4n) is 3.10. The number of aromatic nitrogens is 3. The minimum absolute atomic E-state index is 0.501. The van der Waals surface area contributed by atoms with E-state index >= 15 is 0 Å². The molecular formula is C24H23N5O. The molecule has 150 valence electrons. The van der Waals surface area contributed by atoms with Crippen LogP contribution in [0, 0.1) is 13.8 Å². The summed E-state index contributed by atoms with van der Waals surface area (Å²) in [6.45, 7) is 4.46. The van der Waals surface area contributed by atoms with Crippen molar-refractivity contribution in [2.45, 2.75) is 13.8 Å². The van der Waals surface area contributed by atoms with E-state index in [-0.39, 0.29) is 0 Å². The third-order valence-electron chi connectivity index (χ3n) is 4.66. The number of benzene rings is 2. The van der Waals surface area contributed by atoms with Gasteiger partial charge in [-0.25, -0.2) is 9.97 Å². The van der Waals surface area contributed by atoms with Crippen molar-refractivity contribution in [2.24, 2.45) is 5.73 Å². The van der Waals surface area contributed by atoms with Crippen molar-refractivity contribution in [3.8, 4) is 11.5 Å². The third-order valence-corrected chi connectivity index (χ3v) is 4.66. The molecule has 3 N–H and O–H groups in total. The maximum absolute atomic E-state index is 5.96. The maximum atomic E-state index is 5.96. The molecule has 0 aliphatic carbocycles. The Balaban J connectivity index is 1.59. The Hall–Kier alpha value is -3.77. The number of hydrogen-bond acceptors (Lipinski definition) is 6. The predicted octanol–water partition coefficient (Wildman–Crippen LogP) is 5.15. The molecule has 2 aromatic carbocycles. The molecule has 0 fully saturated rings. The van der Waals surface area contributed by atoms with Crippen LogP contribution in [0.1, 0.15) is 16.8 Å². The average molecular weight is 397 g/mol. The van der Waals surface area contributed by atoms with Crippen LogP contribution in [0.2, 0.25) is 0 Å². The highest BCUT2D eigenvalue weighted by molar-refractivity contribution is 5.92. The van der Waals surface area contributed by atoms with Crippen molar-refractivity contribution in [3.63, 3.8) is 0 Å². The van der Waals surface area contributed by atoms with Crippen LogP contribution in [-0.2, 0) is 0 Å². The molecule has 2 heterocycles. The number of anilines is 2. The number of nitrogens with one attached hydrogen (secondary N) is 1. The van der Waals surface area contributed by atoms with Crippen molar-refractivity contribution in [1.82, 2.24) is 15.0 Å². The second-order valence-electron chi connectivity index (χ2n) is 6.98.